The van der Waals surface area contributed by atoms with Crippen molar-refractivity contribution in [1.29, 1.82) is 0 Å². The molecule has 36 heavy (non-hydrogen) atoms. The van der Waals surface area contributed by atoms with Gasteiger partial charge in [-0.2, -0.15) is 0 Å². The number of aliphatic imine (C=N–C) groups is 1. The molecule has 1 fully saturated rings. The molecule has 2 aliphatic rings. The Bertz CT molecular complexity index is 1300. The van der Waals surface area contributed by atoms with E-state index in [1.54, 1.807) is 32.5 Å². The number of benzene rings is 1. The van der Waals surface area contributed by atoms with Crippen molar-refractivity contribution < 1.29 is 18.3 Å². The van der Waals surface area contributed by atoms with Gasteiger partial charge in [-0.15, -0.1) is 0 Å². The molecule has 0 saturated carbocycles. The second kappa shape index (κ2) is 10.7. The van der Waals surface area contributed by atoms with Crippen molar-refractivity contribution in [2.45, 2.75) is 13.8 Å². The molecule has 6 nitrogen and oxygen atoms in total. The number of pyridine rings is 1. The minimum atomic E-state index is -0.923. The van der Waals surface area contributed by atoms with E-state index in [4.69, 9.17) is 9.73 Å². The third kappa shape index (κ3) is 5.27. The molecule has 2 aromatic rings. The standard InChI is InChI=1S/C28H28F2N4O2/c1-18(22-6-5-9-31-17-22)32-28-24(19(2)33-10-12-34(13-11-33)20(3)35)14-23(16-27(28)36-4)21-7-8-25(29)26(30)15-21/h5-9,14-17H,1,10-13H2,2-4H3/b24-19+,32-28+. The number of amides is 1. The minimum absolute atomic E-state index is 0.0535. The van der Waals surface area contributed by atoms with Crippen molar-refractivity contribution in [1.82, 2.24) is 14.8 Å². The molecule has 0 unspecified atom stereocenters. The van der Waals surface area contributed by atoms with E-state index in [-0.39, 0.29) is 5.91 Å². The van der Waals surface area contributed by atoms with Gasteiger partial charge in [-0.05, 0) is 54.5 Å². The number of hydrogen-bond acceptors (Lipinski definition) is 5. The maximum absolute atomic E-state index is 14.1. The lowest BCUT2D eigenvalue weighted by atomic mass is 9.92. The van der Waals surface area contributed by atoms with Crippen LogP contribution < -0.4 is 0 Å². The molecule has 1 aliphatic heterocycles. The highest BCUT2D eigenvalue weighted by molar-refractivity contribution is 6.19. The van der Waals surface area contributed by atoms with Crippen LogP contribution in [0.4, 0.5) is 8.78 Å². The lowest BCUT2D eigenvalue weighted by Crippen LogP contribution is -2.47. The Morgan fingerprint density at radius 3 is 2.39 bits per heavy atom. The van der Waals surface area contributed by atoms with E-state index < -0.39 is 11.6 Å². The van der Waals surface area contributed by atoms with E-state index in [0.717, 1.165) is 22.9 Å². The number of nitrogens with zero attached hydrogens (tertiary/aromatic N) is 4. The Balaban J connectivity index is 1.81. The molecule has 0 atom stereocenters. The molecule has 186 valence electrons. The van der Waals surface area contributed by atoms with Crippen LogP contribution in [0.15, 0.2) is 83.5 Å². The third-order valence-electron chi connectivity index (χ3n) is 6.38. The molecule has 1 aliphatic carbocycles. The highest BCUT2D eigenvalue weighted by Gasteiger charge is 2.26. The topological polar surface area (TPSA) is 58.0 Å². The lowest BCUT2D eigenvalue weighted by Gasteiger charge is -2.37. The molecule has 4 rings (SSSR count). The first-order valence-electron chi connectivity index (χ1n) is 11.6. The van der Waals surface area contributed by atoms with Gasteiger partial charge in [0.05, 0.1) is 12.8 Å². The molecule has 8 heteroatoms. The summed E-state index contributed by atoms with van der Waals surface area (Å²) >= 11 is 0. The molecular weight excluding hydrogens is 462 g/mol. The fourth-order valence-electron chi connectivity index (χ4n) is 4.26. The maximum atomic E-state index is 14.1. The smallest absolute Gasteiger partial charge is 0.219 e. The molecule has 0 N–H and O–H groups in total. The summed E-state index contributed by atoms with van der Waals surface area (Å²) in [6.45, 7) is 10.2. The molecule has 1 amide bonds. The van der Waals surface area contributed by atoms with E-state index in [0.29, 0.717) is 54.5 Å². The van der Waals surface area contributed by atoms with Gasteiger partial charge in [0.1, 0.15) is 11.5 Å². The van der Waals surface area contributed by atoms with Gasteiger partial charge in [-0.3, -0.25) is 9.78 Å². The van der Waals surface area contributed by atoms with Gasteiger partial charge in [0, 0.05) is 62.3 Å². The highest BCUT2D eigenvalue weighted by atomic mass is 19.2. The first-order valence-corrected chi connectivity index (χ1v) is 11.6. The van der Waals surface area contributed by atoms with Crippen molar-refractivity contribution in [2.24, 2.45) is 4.99 Å². The number of methoxy groups -OCH3 is 1. The third-order valence-corrected chi connectivity index (χ3v) is 6.38. The highest BCUT2D eigenvalue weighted by Crippen LogP contribution is 2.32. The van der Waals surface area contributed by atoms with Crippen molar-refractivity contribution in [3.8, 4) is 0 Å². The summed E-state index contributed by atoms with van der Waals surface area (Å²) in [6.07, 6.45) is 7.02. The van der Waals surface area contributed by atoms with E-state index in [1.807, 2.05) is 30.0 Å². The van der Waals surface area contributed by atoms with Gasteiger partial charge in [0.15, 0.2) is 11.6 Å². The predicted molar refractivity (Wildman–Crippen MR) is 137 cm³/mol. The minimum Gasteiger partial charge on any atom is -0.494 e. The fraction of sp³-hybridized carbons (Fsp3) is 0.250. The summed E-state index contributed by atoms with van der Waals surface area (Å²) in [6, 6.07) is 7.49. The molecule has 1 saturated heterocycles. The molecule has 0 radical (unpaired) electrons. The Kier molecular flexibility index (Phi) is 7.43. The lowest BCUT2D eigenvalue weighted by molar-refractivity contribution is -0.130. The Labute approximate surface area is 209 Å². The van der Waals surface area contributed by atoms with E-state index in [9.17, 15) is 13.6 Å². The van der Waals surface area contributed by atoms with Gasteiger partial charge < -0.3 is 14.5 Å². The maximum Gasteiger partial charge on any atom is 0.219 e. The van der Waals surface area contributed by atoms with Crippen molar-refractivity contribution >= 4 is 22.9 Å². The molecule has 0 spiro atoms. The Morgan fingerprint density at radius 2 is 1.78 bits per heavy atom. The van der Waals surface area contributed by atoms with Crippen molar-refractivity contribution in [3.05, 3.63) is 101 Å². The number of piperazine rings is 1. The first kappa shape index (κ1) is 25.0. The number of aromatic nitrogens is 1. The zero-order valence-corrected chi connectivity index (χ0v) is 20.6. The van der Waals surface area contributed by atoms with Crippen LogP contribution in [0.5, 0.6) is 0 Å². The zero-order valence-electron chi connectivity index (χ0n) is 20.6. The van der Waals surface area contributed by atoms with Crippen LogP contribution in [0.2, 0.25) is 0 Å². The number of rotatable bonds is 5. The second-order valence-corrected chi connectivity index (χ2v) is 8.58. The SMILES string of the molecule is C=C(/N=C1/C(OC)=CC(c2ccc(F)c(F)c2)=C/C1=C(/C)N1CCN(C(C)=O)CC1)c1cccnc1. The van der Waals surface area contributed by atoms with E-state index >= 15 is 0 Å². The number of allylic oxidation sites excluding steroid dienone is 5. The summed E-state index contributed by atoms with van der Waals surface area (Å²) < 4.78 is 33.4. The summed E-state index contributed by atoms with van der Waals surface area (Å²) in [5, 5.41) is 0. The Hall–Kier alpha value is -4.07. The number of ether oxygens (including phenoxy) is 1. The number of carbonyl (C=O) groups excluding carboxylic acids is 1. The first-order chi connectivity index (χ1) is 17.3. The largest absolute Gasteiger partial charge is 0.494 e. The van der Waals surface area contributed by atoms with Gasteiger partial charge in [-0.1, -0.05) is 12.6 Å². The van der Waals surface area contributed by atoms with Crippen LogP contribution in [0.3, 0.4) is 0 Å². The monoisotopic (exact) mass is 490 g/mol. The molecule has 2 heterocycles. The summed E-state index contributed by atoms with van der Waals surface area (Å²) in [5.41, 5.74) is 4.73. The quantitative estimate of drug-likeness (QED) is 0.602. The van der Waals surface area contributed by atoms with Crippen LogP contribution in [0, 0.1) is 11.6 Å². The van der Waals surface area contributed by atoms with Crippen molar-refractivity contribution in [2.75, 3.05) is 33.3 Å². The van der Waals surface area contributed by atoms with Crippen LogP contribution in [-0.2, 0) is 9.53 Å². The number of hydrogen-bond donors (Lipinski definition) is 0. The summed E-state index contributed by atoms with van der Waals surface area (Å²) in [4.78, 5) is 24.8. The average molecular weight is 491 g/mol. The fourth-order valence-corrected chi connectivity index (χ4v) is 4.26. The molecular formula is C28H28F2N4O2. The number of halogens is 2. The van der Waals surface area contributed by atoms with Crippen molar-refractivity contribution in [3.63, 3.8) is 0 Å². The van der Waals surface area contributed by atoms with Crippen LogP contribution >= 0.6 is 0 Å². The Morgan fingerprint density at radius 1 is 1.06 bits per heavy atom. The molecule has 0 bridgehead atoms. The second-order valence-electron chi connectivity index (χ2n) is 8.58. The van der Waals surface area contributed by atoms with Gasteiger partial charge in [0.25, 0.3) is 0 Å². The number of carbonyl (C=O) groups is 1. The molecule has 1 aromatic carbocycles. The van der Waals surface area contributed by atoms with Crippen LogP contribution in [-0.4, -0.2) is 59.7 Å². The molecule has 1 aromatic heterocycles. The summed E-state index contributed by atoms with van der Waals surface area (Å²) in [5.74, 6) is -1.30. The van der Waals surface area contributed by atoms with Gasteiger partial charge >= 0.3 is 0 Å². The van der Waals surface area contributed by atoms with Crippen LogP contribution in [0.1, 0.15) is 25.0 Å². The summed E-state index contributed by atoms with van der Waals surface area (Å²) in [7, 11) is 1.54. The normalized spacial score (nSPS) is 18.5. The van der Waals surface area contributed by atoms with Gasteiger partial charge in [0.2, 0.25) is 5.91 Å². The zero-order chi connectivity index (χ0) is 25.8. The van der Waals surface area contributed by atoms with Crippen LogP contribution in [0.25, 0.3) is 11.3 Å². The predicted octanol–water partition coefficient (Wildman–Crippen LogP) is 4.84. The average Bonchev–Trinajstić information content (AvgIpc) is 2.90. The van der Waals surface area contributed by atoms with Gasteiger partial charge in [-0.25, -0.2) is 13.8 Å². The van der Waals surface area contributed by atoms with E-state index in [1.165, 1.54) is 12.1 Å². The van der Waals surface area contributed by atoms with E-state index in [2.05, 4.69) is 16.5 Å².